The van der Waals surface area contributed by atoms with Crippen LogP contribution in [-0.2, 0) is 18.0 Å². The Hall–Kier alpha value is -2.91. The van der Waals surface area contributed by atoms with Crippen LogP contribution in [0.25, 0.3) is 11.3 Å². The number of nitrogens with zero attached hydrogens (tertiary/aromatic N) is 3. The van der Waals surface area contributed by atoms with E-state index >= 15 is 0 Å². The summed E-state index contributed by atoms with van der Waals surface area (Å²) in [6, 6.07) is 2.27. The number of hydrogen-bond acceptors (Lipinski definition) is 4. The maximum absolute atomic E-state index is 14.5. The number of hydrogen-bond donors (Lipinski definition) is 0. The molecule has 0 unspecified atom stereocenters. The van der Waals surface area contributed by atoms with Gasteiger partial charge in [-0.3, -0.25) is 14.3 Å². The minimum atomic E-state index is -4.78. The van der Waals surface area contributed by atoms with Gasteiger partial charge in [0.15, 0.2) is 6.61 Å². The molecule has 144 valence electrons. The third-order valence-electron chi connectivity index (χ3n) is 4.09. The average Bonchev–Trinajstić information content (AvgIpc) is 2.55. The Morgan fingerprint density at radius 3 is 2.44 bits per heavy atom. The number of aromatic nitrogens is 2. The molecule has 0 fully saturated rings. The summed E-state index contributed by atoms with van der Waals surface area (Å²) in [5.74, 6) is -1.15. The molecule has 2 aromatic rings. The predicted octanol–water partition coefficient (Wildman–Crippen LogP) is 2.74. The van der Waals surface area contributed by atoms with Crippen molar-refractivity contribution in [3.8, 4) is 17.0 Å². The van der Waals surface area contributed by atoms with Crippen LogP contribution in [0.2, 0.25) is 0 Å². The molecule has 6 nitrogen and oxygen atoms in total. The number of aryl methyl sites for hydroxylation is 1. The van der Waals surface area contributed by atoms with Gasteiger partial charge in [-0.25, -0.2) is 4.39 Å². The molecule has 2 heterocycles. The lowest BCUT2D eigenvalue weighted by atomic mass is 10.1. The van der Waals surface area contributed by atoms with Crippen LogP contribution in [0.1, 0.15) is 19.5 Å². The van der Waals surface area contributed by atoms with E-state index in [0.29, 0.717) is 10.7 Å². The Bertz CT molecular complexity index is 983. The lowest BCUT2D eigenvalue weighted by Crippen LogP contribution is -2.43. The number of carbonyl (C=O) groups is 1. The molecule has 0 atom stereocenters. The first-order valence-electron chi connectivity index (χ1n) is 7.95. The van der Waals surface area contributed by atoms with Gasteiger partial charge in [0.05, 0.1) is 5.69 Å². The molecule has 3 rings (SSSR count). The van der Waals surface area contributed by atoms with Gasteiger partial charge in [-0.15, -0.1) is 0 Å². The number of anilines is 1. The highest BCUT2D eigenvalue weighted by atomic mass is 19.4. The Morgan fingerprint density at radius 1 is 1.19 bits per heavy atom. The van der Waals surface area contributed by atoms with E-state index in [0.717, 1.165) is 13.1 Å². The SMILES string of the molecule is CC(C)N1C(=O)COc2cc(F)c(-c3nn(C)c(C(F)(F)F)cc3=O)cc21. The number of rotatable bonds is 2. The molecule has 0 N–H and O–H groups in total. The minimum Gasteiger partial charge on any atom is -0.481 e. The molecule has 0 aliphatic carbocycles. The Labute approximate surface area is 151 Å². The van der Waals surface area contributed by atoms with Crippen LogP contribution in [0.3, 0.4) is 0 Å². The normalized spacial score (nSPS) is 14.4. The van der Waals surface area contributed by atoms with Crippen LogP contribution in [0.5, 0.6) is 5.75 Å². The van der Waals surface area contributed by atoms with Gasteiger partial charge in [0.2, 0.25) is 5.43 Å². The summed E-state index contributed by atoms with van der Waals surface area (Å²) in [6.45, 7) is 3.22. The van der Waals surface area contributed by atoms with Crippen molar-refractivity contribution in [3.05, 3.63) is 39.9 Å². The quantitative estimate of drug-likeness (QED) is 0.746. The second-order valence-corrected chi connectivity index (χ2v) is 6.31. The van der Waals surface area contributed by atoms with Gasteiger partial charge in [0, 0.05) is 30.8 Å². The van der Waals surface area contributed by atoms with E-state index < -0.39 is 28.8 Å². The fraction of sp³-hybridized carbons (Fsp3) is 0.353. The molecule has 1 amide bonds. The summed E-state index contributed by atoms with van der Waals surface area (Å²) in [5.41, 5.74) is -2.92. The fourth-order valence-electron chi connectivity index (χ4n) is 2.93. The molecule has 0 radical (unpaired) electrons. The largest absolute Gasteiger partial charge is 0.481 e. The third kappa shape index (κ3) is 3.26. The van der Waals surface area contributed by atoms with E-state index in [-0.39, 0.29) is 35.6 Å². The molecule has 0 saturated heterocycles. The van der Waals surface area contributed by atoms with Gasteiger partial charge in [0.25, 0.3) is 5.91 Å². The molecule has 1 aliphatic heterocycles. The van der Waals surface area contributed by atoms with Crippen molar-refractivity contribution in [3.63, 3.8) is 0 Å². The van der Waals surface area contributed by atoms with Crippen molar-refractivity contribution in [2.75, 3.05) is 11.5 Å². The average molecular weight is 385 g/mol. The van der Waals surface area contributed by atoms with E-state index in [1.165, 1.54) is 11.0 Å². The summed E-state index contributed by atoms with van der Waals surface area (Å²) in [5, 5.41) is 3.61. The zero-order valence-electron chi connectivity index (χ0n) is 14.6. The highest BCUT2D eigenvalue weighted by Gasteiger charge is 2.35. The summed E-state index contributed by atoms with van der Waals surface area (Å²) in [7, 11) is 1.01. The van der Waals surface area contributed by atoms with Crippen LogP contribution < -0.4 is 15.1 Å². The number of carbonyl (C=O) groups excluding carboxylic acids is 1. The van der Waals surface area contributed by atoms with E-state index in [1.807, 2.05) is 0 Å². The first-order valence-corrected chi connectivity index (χ1v) is 7.95. The van der Waals surface area contributed by atoms with E-state index in [9.17, 15) is 27.2 Å². The monoisotopic (exact) mass is 385 g/mol. The number of benzene rings is 1. The molecule has 0 bridgehead atoms. The van der Waals surface area contributed by atoms with Crippen LogP contribution >= 0.6 is 0 Å². The molecule has 0 saturated carbocycles. The standard InChI is InChI=1S/C17H15F4N3O3/c1-8(2)24-11-4-9(10(18)5-13(11)27-7-15(24)26)16-12(25)6-14(17(19,20)21)23(3)22-16/h4-6,8H,7H2,1-3H3. The molecule has 1 aromatic carbocycles. The predicted molar refractivity (Wildman–Crippen MR) is 88.0 cm³/mol. The van der Waals surface area contributed by atoms with Gasteiger partial charge in [-0.1, -0.05) is 0 Å². The lowest BCUT2D eigenvalue weighted by molar-refractivity contribution is -0.144. The molecule has 1 aliphatic rings. The van der Waals surface area contributed by atoms with Crippen molar-refractivity contribution in [2.24, 2.45) is 7.05 Å². The van der Waals surface area contributed by atoms with Crippen LogP contribution in [0.15, 0.2) is 23.0 Å². The molecule has 0 spiro atoms. The summed E-state index contributed by atoms with van der Waals surface area (Å²) in [4.78, 5) is 25.7. The number of halogens is 4. The topological polar surface area (TPSA) is 64.4 Å². The summed E-state index contributed by atoms with van der Waals surface area (Å²) < 4.78 is 59.0. The highest BCUT2D eigenvalue weighted by Crippen LogP contribution is 2.38. The zero-order valence-corrected chi connectivity index (χ0v) is 14.6. The lowest BCUT2D eigenvalue weighted by Gasteiger charge is -2.32. The number of fused-ring (bicyclic) bond motifs is 1. The summed E-state index contributed by atoms with van der Waals surface area (Å²) in [6.07, 6.45) is -4.78. The number of alkyl halides is 3. The molecule has 1 aromatic heterocycles. The first-order chi connectivity index (χ1) is 12.5. The smallest absolute Gasteiger partial charge is 0.433 e. The summed E-state index contributed by atoms with van der Waals surface area (Å²) >= 11 is 0. The minimum absolute atomic E-state index is 0.105. The molecular formula is C17H15F4N3O3. The second-order valence-electron chi connectivity index (χ2n) is 6.31. The second kappa shape index (κ2) is 6.36. The third-order valence-corrected chi connectivity index (χ3v) is 4.09. The van der Waals surface area contributed by atoms with Crippen LogP contribution in [0.4, 0.5) is 23.2 Å². The van der Waals surface area contributed by atoms with E-state index in [1.54, 1.807) is 13.8 Å². The van der Waals surface area contributed by atoms with Crippen molar-refractivity contribution in [2.45, 2.75) is 26.1 Å². The number of ether oxygens (including phenoxy) is 1. The molecular weight excluding hydrogens is 370 g/mol. The first kappa shape index (κ1) is 18.9. The van der Waals surface area contributed by atoms with E-state index in [4.69, 9.17) is 4.74 Å². The Balaban J connectivity index is 2.21. The van der Waals surface area contributed by atoms with Gasteiger partial charge in [-0.05, 0) is 19.9 Å². The van der Waals surface area contributed by atoms with Gasteiger partial charge in [-0.2, -0.15) is 18.3 Å². The van der Waals surface area contributed by atoms with Crippen LogP contribution in [-0.4, -0.2) is 28.3 Å². The molecule has 10 heteroatoms. The van der Waals surface area contributed by atoms with E-state index in [2.05, 4.69) is 5.10 Å². The fourth-order valence-corrected chi connectivity index (χ4v) is 2.93. The maximum Gasteiger partial charge on any atom is 0.433 e. The maximum atomic E-state index is 14.5. The van der Waals surface area contributed by atoms with Crippen LogP contribution in [0, 0.1) is 5.82 Å². The highest BCUT2D eigenvalue weighted by molar-refractivity contribution is 5.99. The number of amides is 1. The Morgan fingerprint density at radius 2 is 1.85 bits per heavy atom. The van der Waals surface area contributed by atoms with Crippen molar-refractivity contribution < 1.29 is 27.1 Å². The van der Waals surface area contributed by atoms with Gasteiger partial charge < -0.3 is 9.64 Å². The van der Waals surface area contributed by atoms with Gasteiger partial charge >= 0.3 is 6.18 Å². The van der Waals surface area contributed by atoms with Crippen molar-refractivity contribution in [1.29, 1.82) is 0 Å². The zero-order chi connectivity index (χ0) is 20.1. The Kier molecular flexibility index (Phi) is 4.44. The van der Waals surface area contributed by atoms with Gasteiger partial charge in [0.1, 0.15) is 23.0 Å². The molecule has 27 heavy (non-hydrogen) atoms. The van der Waals surface area contributed by atoms with Crippen molar-refractivity contribution in [1.82, 2.24) is 9.78 Å². The van der Waals surface area contributed by atoms with Crippen molar-refractivity contribution >= 4 is 11.6 Å².